The Morgan fingerprint density at radius 1 is 1.18 bits per heavy atom. The highest BCUT2D eigenvalue weighted by Crippen LogP contribution is 2.36. The Kier molecular flexibility index (Phi) is 6.47. The van der Waals surface area contributed by atoms with Crippen molar-refractivity contribution in [3.8, 4) is 0 Å². The van der Waals surface area contributed by atoms with Crippen LogP contribution in [0.3, 0.4) is 0 Å². The summed E-state index contributed by atoms with van der Waals surface area (Å²) in [6.45, 7) is 8.08. The number of rotatable bonds is 4. The van der Waals surface area contributed by atoms with E-state index < -0.39 is 17.8 Å². The first-order valence-electron chi connectivity index (χ1n) is 11.4. The monoisotopic (exact) mass is 471 g/mol. The van der Waals surface area contributed by atoms with Gasteiger partial charge in [-0.05, 0) is 68.4 Å². The van der Waals surface area contributed by atoms with Crippen molar-refractivity contribution in [1.82, 2.24) is 19.9 Å². The van der Waals surface area contributed by atoms with E-state index in [1.54, 1.807) is 19.9 Å². The number of aryl methyl sites for hydroxylation is 1. The Morgan fingerprint density at radius 3 is 2.53 bits per heavy atom. The maximum absolute atomic E-state index is 13.4. The molecule has 2 aromatic heterocycles. The lowest BCUT2D eigenvalue weighted by Crippen LogP contribution is -2.36. The molecule has 6 nitrogen and oxygen atoms in total. The van der Waals surface area contributed by atoms with E-state index in [1.165, 1.54) is 13.0 Å². The van der Waals surface area contributed by atoms with Gasteiger partial charge < -0.3 is 10.2 Å². The Morgan fingerprint density at radius 2 is 1.88 bits per heavy atom. The van der Waals surface area contributed by atoms with Gasteiger partial charge in [0.1, 0.15) is 11.6 Å². The highest BCUT2D eigenvalue weighted by molar-refractivity contribution is 5.87. The number of amides is 1. The minimum Gasteiger partial charge on any atom is -0.363 e. The maximum atomic E-state index is 13.4. The van der Waals surface area contributed by atoms with Crippen LogP contribution in [0.5, 0.6) is 0 Å². The number of benzene rings is 1. The SMILES string of the molecule is CC(=O)N1CCC(c2cnc3nc(C)nc(N[C@H](C)c4cccc(C(F)(F)F)c4C)c3c2)CC1. The van der Waals surface area contributed by atoms with E-state index in [1.807, 2.05) is 24.1 Å². The number of piperidine rings is 1. The van der Waals surface area contributed by atoms with Crippen LogP contribution in [0.25, 0.3) is 11.0 Å². The Hall–Kier alpha value is -3.23. The summed E-state index contributed by atoms with van der Waals surface area (Å²) in [6.07, 6.45) is -0.883. The molecule has 1 N–H and O–H groups in total. The summed E-state index contributed by atoms with van der Waals surface area (Å²) in [6, 6.07) is 5.83. The molecule has 1 amide bonds. The number of nitrogens with zero attached hydrogens (tertiary/aromatic N) is 4. The van der Waals surface area contributed by atoms with Crippen LogP contribution in [0.2, 0.25) is 0 Å². The van der Waals surface area contributed by atoms with Crippen LogP contribution < -0.4 is 5.32 Å². The van der Waals surface area contributed by atoms with Gasteiger partial charge in [-0.2, -0.15) is 13.2 Å². The minimum atomic E-state index is -4.41. The van der Waals surface area contributed by atoms with Gasteiger partial charge in [-0.1, -0.05) is 12.1 Å². The summed E-state index contributed by atoms with van der Waals surface area (Å²) in [4.78, 5) is 27.0. The van der Waals surface area contributed by atoms with Gasteiger partial charge in [-0.25, -0.2) is 15.0 Å². The fourth-order valence-corrected chi connectivity index (χ4v) is 4.71. The first-order valence-corrected chi connectivity index (χ1v) is 11.4. The second kappa shape index (κ2) is 9.19. The van der Waals surface area contributed by atoms with E-state index in [0.717, 1.165) is 29.9 Å². The van der Waals surface area contributed by atoms with E-state index in [-0.39, 0.29) is 17.4 Å². The van der Waals surface area contributed by atoms with Crippen LogP contribution in [0.15, 0.2) is 30.5 Å². The van der Waals surface area contributed by atoms with Crippen molar-refractivity contribution in [2.24, 2.45) is 0 Å². The molecule has 1 fully saturated rings. The standard InChI is InChI=1S/C25H28F3N5O/c1-14-20(6-5-7-22(14)25(26,27)28)15(2)30-24-21-12-19(13-29-23(21)31-16(3)32-24)18-8-10-33(11-9-18)17(4)34/h5-7,12-13,15,18H,8-11H2,1-4H3,(H,29,30,31,32)/t15-/m1/s1. The average Bonchev–Trinajstić information content (AvgIpc) is 2.78. The average molecular weight is 472 g/mol. The molecule has 0 bridgehead atoms. The van der Waals surface area contributed by atoms with Crippen molar-refractivity contribution in [2.45, 2.75) is 58.7 Å². The molecule has 180 valence electrons. The molecular formula is C25H28F3N5O. The molecule has 0 spiro atoms. The predicted molar refractivity (Wildman–Crippen MR) is 125 cm³/mol. The fourth-order valence-electron chi connectivity index (χ4n) is 4.71. The number of hydrogen-bond acceptors (Lipinski definition) is 5. The molecule has 34 heavy (non-hydrogen) atoms. The molecule has 1 atom stereocenters. The van der Waals surface area contributed by atoms with Crippen LogP contribution in [0.1, 0.15) is 66.7 Å². The number of alkyl halides is 3. The molecule has 0 aliphatic carbocycles. The summed E-state index contributed by atoms with van der Waals surface area (Å²) in [5, 5.41) is 4.03. The summed E-state index contributed by atoms with van der Waals surface area (Å²) >= 11 is 0. The van der Waals surface area contributed by atoms with Crippen LogP contribution >= 0.6 is 0 Å². The number of nitrogens with one attached hydrogen (secondary N) is 1. The lowest BCUT2D eigenvalue weighted by Gasteiger charge is -2.31. The quantitative estimate of drug-likeness (QED) is 0.540. The number of carbonyl (C=O) groups excluding carboxylic acids is 1. The van der Waals surface area contributed by atoms with Crippen LogP contribution in [0, 0.1) is 13.8 Å². The first kappa shape index (κ1) is 23.9. The number of carbonyl (C=O) groups is 1. The van der Waals surface area contributed by atoms with E-state index in [2.05, 4.69) is 20.3 Å². The van der Waals surface area contributed by atoms with Gasteiger partial charge in [0.2, 0.25) is 5.91 Å². The zero-order valence-electron chi connectivity index (χ0n) is 19.7. The Labute approximate surface area is 196 Å². The van der Waals surface area contributed by atoms with E-state index in [0.29, 0.717) is 35.9 Å². The third-order valence-corrected chi connectivity index (χ3v) is 6.60. The van der Waals surface area contributed by atoms with Gasteiger partial charge >= 0.3 is 6.18 Å². The number of fused-ring (bicyclic) bond motifs is 1. The zero-order chi connectivity index (χ0) is 24.6. The van der Waals surface area contributed by atoms with E-state index in [4.69, 9.17) is 0 Å². The molecule has 0 unspecified atom stereocenters. The third kappa shape index (κ3) is 4.83. The highest BCUT2D eigenvalue weighted by Gasteiger charge is 2.33. The molecule has 3 heterocycles. The van der Waals surface area contributed by atoms with Crippen molar-refractivity contribution in [3.05, 3.63) is 58.5 Å². The number of aromatic nitrogens is 3. The summed E-state index contributed by atoms with van der Waals surface area (Å²) < 4.78 is 40.2. The summed E-state index contributed by atoms with van der Waals surface area (Å²) in [5.41, 5.74) is 1.70. The van der Waals surface area contributed by atoms with Crippen LogP contribution in [-0.2, 0) is 11.0 Å². The molecule has 9 heteroatoms. The number of halogens is 3. The van der Waals surface area contributed by atoms with Crippen LogP contribution in [0.4, 0.5) is 19.0 Å². The van der Waals surface area contributed by atoms with Gasteiger partial charge in [0.05, 0.1) is 17.0 Å². The van der Waals surface area contributed by atoms with Gasteiger partial charge in [0.25, 0.3) is 0 Å². The van der Waals surface area contributed by atoms with Gasteiger partial charge in [0, 0.05) is 26.2 Å². The molecule has 1 aromatic carbocycles. The molecule has 4 rings (SSSR count). The van der Waals surface area contributed by atoms with Gasteiger partial charge in [-0.15, -0.1) is 0 Å². The number of pyridine rings is 1. The molecule has 1 aliphatic rings. The van der Waals surface area contributed by atoms with Crippen molar-refractivity contribution >= 4 is 22.8 Å². The summed E-state index contributed by atoms with van der Waals surface area (Å²) in [5.74, 6) is 1.43. The van der Waals surface area contributed by atoms with Crippen molar-refractivity contribution in [2.75, 3.05) is 18.4 Å². The second-order valence-electron chi connectivity index (χ2n) is 8.92. The highest BCUT2D eigenvalue weighted by atomic mass is 19.4. The third-order valence-electron chi connectivity index (χ3n) is 6.60. The summed E-state index contributed by atoms with van der Waals surface area (Å²) in [7, 11) is 0. The predicted octanol–water partition coefficient (Wildman–Crippen LogP) is 5.56. The van der Waals surface area contributed by atoms with Gasteiger partial charge in [0.15, 0.2) is 5.65 Å². The number of hydrogen-bond donors (Lipinski definition) is 1. The van der Waals surface area contributed by atoms with Crippen molar-refractivity contribution in [3.63, 3.8) is 0 Å². The fraction of sp³-hybridized carbons (Fsp3) is 0.440. The van der Waals surface area contributed by atoms with Crippen molar-refractivity contribution < 1.29 is 18.0 Å². The van der Waals surface area contributed by atoms with E-state index in [9.17, 15) is 18.0 Å². The normalized spacial score (nSPS) is 16.0. The molecule has 0 saturated carbocycles. The molecule has 0 radical (unpaired) electrons. The topological polar surface area (TPSA) is 71.0 Å². The largest absolute Gasteiger partial charge is 0.416 e. The minimum absolute atomic E-state index is 0.0873. The molecule has 1 aliphatic heterocycles. The lowest BCUT2D eigenvalue weighted by atomic mass is 9.90. The molecular weight excluding hydrogens is 443 g/mol. The Bertz CT molecular complexity index is 1220. The lowest BCUT2D eigenvalue weighted by molar-refractivity contribution is -0.138. The Balaban J connectivity index is 1.65. The maximum Gasteiger partial charge on any atom is 0.416 e. The van der Waals surface area contributed by atoms with Gasteiger partial charge in [-0.3, -0.25) is 4.79 Å². The second-order valence-corrected chi connectivity index (χ2v) is 8.92. The van der Waals surface area contributed by atoms with Crippen molar-refractivity contribution in [1.29, 1.82) is 0 Å². The van der Waals surface area contributed by atoms with E-state index >= 15 is 0 Å². The van der Waals surface area contributed by atoms with Crippen LogP contribution in [-0.4, -0.2) is 38.8 Å². The smallest absolute Gasteiger partial charge is 0.363 e. The molecule has 1 saturated heterocycles. The first-order chi connectivity index (χ1) is 16.0. The molecule has 3 aromatic rings. The number of anilines is 1. The zero-order valence-corrected chi connectivity index (χ0v) is 19.7. The number of likely N-dealkylation sites (tertiary alicyclic amines) is 1.